The highest BCUT2D eigenvalue weighted by Gasteiger charge is 2.23. The molecule has 0 radical (unpaired) electrons. The van der Waals surface area contributed by atoms with Gasteiger partial charge >= 0.3 is 5.97 Å². The van der Waals surface area contributed by atoms with E-state index in [0.29, 0.717) is 5.56 Å². The Labute approximate surface area is 116 Å². The molecule has 1 unspecified atom stereocenters. The maximum Gasteiger partial charge on any atom is 0.319 e. The van der Waals surface area contributed by atoms with Crippen molar-refractivity contribution in [2.75, 3.05) is 0 Å². The zero-order valence-corrected chi connectivity index (χ0v) is 10.7. The molecule has 4 heteroatoms. The molecule has 2 aromatic carbocycles. The third-order valence-electron chi connectivity index (χ3n) is 2.83. The molecule has 1 atom stereocenters. The minimum Gasteiger partial charge on any atom is -0.549 e. The van der Waals surface area contributed by atoms with Gasteiger partial charge in [-0.05, 0) is 11.1 Å². The SMILES string of the molecule is O=C([O-])C(C(=O)OCc1ccccc1)c1ccccc1. The number of aliphatic carboxylic acids is 1. The van der Waals surface area contributed by atoms with E-state index in [1.54, 1.807) is 42.5 Å². The van der Waals surface area contributed by atoms with E-state index in [4.69, 9.17) is 4.74 Å². The maximum atomic E-state index is 11.9. The molecular weight excluding hydrogens is 256 g/mol. The normalized spacial score (nSPS) is 11.6. The van der Waals surface area contributed by atoms with Crippen LogP contribution in [0.2, 0.25) is 0 Å². The number of ether oxygens (including phenoxy) is 1. The molecule has 0 saturated carbocycles. The Morgan fingerprint density at radius 2 is 1.50 bits per heavy atom. The third-order valence-corrected chi connectivity index (χ3v) is 2.83. The number of carbonyl (C=O) groups is 2. The van der Waals surface area contributed by atoms with Crippen LogP contribution in [0.15, 0.2) is 60.7 Å². The number of benzene rings is 2. The summed E-state index contributed by atoms with van der Waals surface area (Å²) in [5.41, 5.74) is 1.15. The highest BCUT2D eigenvalue weighted by molar-refractivity contribution is 5.99. The number of carboxylic acid groups (broad SMARTS) is 1. The van der Waals surface area contributed by atoms with Gasteiger partial charge in [0.05, 0.1) is 5.97 Å². The molecule has 0 heterocycles. The monoisotopic (exact) mass is 269 g/mol. The molecule has 2 rings (SSSR count). The Balaban J connectivity index is 2.07. The van der Waals surface area contributed by atoms with Crippen molar-refractivity contribution in [1.82, 2.24) is 0 Å². The Morgan fingerprint density at radius 1 is 0.950 bits per heavy atom. The summed E-state index contributed by atoms with van der Waals surface area (Å²) in [5.74, 6) is -3.69. The average molecular weight is 269 g/mol. The number of esters is 1. The summed E-state index contributed by atoms with van der Waals surface area (Å²) in [7, 11) is 0. The van der Waals surface area contributed by atoms with E-state index in [1.165, 1.54) is 0 Å². The number of hydrogen-bond donors (Lipinski definition) is 0. The number of rotatable bonds is 5. The lowest BCUT2D eigenvalue weighted by molar-refractivity contribution is -0.307. The first-order chi connectivity index (χ1) is 9.68. The van der Waals surface area contributed by atoms with Crippen molar-refractivity contribution in [1.29, 1.82) is 0 Å². The lowest BCUT2D eigenvalue weighted by Crippen LogP contribution is -2.35. The summed E-state index contributed by atoms with van der Waals surface area (Å²) >= 11 is 0. The lowest BCUT2D eigenvalue weighted by atomic mass is 10.00. The fraction of sp³-hybridized carbons (Fsp3) is 0.125. The van der Waals surface area contributed by atoms with Crippen LogP contribution < -0.4 is 5.11 Å². The summed E-state index contributed by atoms with van der Waals surface area (Å²) < 4.78 is 5.05. The van der Waals surface area contributed by atoms with Gasteiger partial charge in [0.1, 0.15) is 12.5 Å². The van der Waals surface area contributed by atoms with Gasteiger partial charge in [-0.3, -0.25) is 4.79 Å². The lowest BCUT2D eigenvalue weighted by Gasteiger charge is -2.17. The molecule has 4 nitrogen and oxygen atoms in total. The molecule has 0 saturated heterocycles. The molecule has 0 bridgehead atoms. The van der Waals surface area contributed by atoms with Crippen molar-refractivity contribution in [2.24, 2.45) is 0 Å². The van der Waals surface area contributed by atoms with E-state index >= 15 is 0 Å². The van der Waals surface area contributed by atoms with Crippen LogP contribution in [-0.4, -0.2) is 11.9 Å². The number of carboxylic acids is 1. The molecule has 102 valence electrons. The summed E-state index contributed by atoms with van der Waals surface area (Å²) in [6, 6.07) is 17.3. The second kappa shape index (κ2) is 6.52. The molecule has 0 aliphatic heterocycles. The zero-order chi connectivity index (χ0) is 14.4. The van der Waals surface area contributed by atoms with Crippen LogP contribution in [-0.2, 0) is 20.9 Å². The van der Waals surface area contributed by atoms with E-state index in [2.05, 4.69) is 0 Å². The molecule has 0 amide bonds. The fourth-order valence-electron chi connectivity index (χ4n) is 1.83. The van der Waals surface area contributed by atoms with E-state index in [9.17, 15) is 14.7 Å². The standard InChI is InChI=1S/C16H14O4/c17-15(18)14(13-9-5-2-6-10-13)16(19)20-11-12-7-3-1-4-8-12/h1-10,14H,11H2,(H,17,18)/p-1. The van der Waals surface area contributed by atoms with Gasteiger partial charge in [0.25, 0.3) is 0 Å². The van der Waals surface area contributed by atoms with Crippen molar-refractivity contribution in [3.05, 3.63) is 71.8 Å². The van der Waals surface area contributed by atoms with Crippen molar-refractivity contribution in [3.63, 3.8) is 0 Å². The van der Waals surface area contributed by atoms with Crippen molar-refractivity contribution in [3.8, 4) is 0 Å². The second-order valence-electron chi connectivity index (χ2n) is 4.26. The molecule has 0 fully saturated rings. The van der Waals surface area contributed by atoms with Gasteiger partial charge in [-0.15, -0.1) is 0 Å². The van der Waals surface area contributed by atoms with Gasteiger partial charge in [-0.1, -0.05) is 60.7 Å². The zero-order valence-electron chi connectivity index (χ0n) is 10.7. The summed E-state index contributed by atoms with van der Waals surface area (Å²) in [5, 5.41) is 11.1. The largest absolute Gasteiger partial charge is 0.549 e. The summed E-state index contributed by atoms with van der Waals surface area (Å²) in [6.07, 6.45) is 0. The third kappa shape index (κ3) is 3.45. The molecule has 0 spiro atoms. The first-order valence-corrected chi connectivity index (χ1v) is 6.15. The summed E-state index contributed by atoms with van der Waals surface area (Å²) in [6.45, 7) is 0.0380. The van der Waals surface area contributed by atoms with Crippen LogP contribution in [0, 0.1) is 0 Å². The highest BCUT2D eigenvalue weighted by Crippen LogP contribution is 2.17. The molecule has 0 aliphatic rings. The van der Waals surface area contributed by atoms with Gasteiger partial charge in [0.15, 0.2) is 0 Å². The Kier molecular flexibility index (Phi) is 4.50. The van der Waals surface area contributed by atoms with E-state index in [-0.39, 0.29) is 6.61 Å². The first kappa shape index (κ1) is 13.8. The van der Waals surface area contributed by atoms with Crippen molar-refractivity contribution < 1.29 is 19.4 Å². The van der Waals surface area contributed by atoms with Crippen LogP contribution in [0.25, 0.3) is 0 Å². The number of hydrogen-bond acceptors (Lipinski definition) is 4. The maximum absolute atomic E-state index is 11.9. The van der Waals surface area contributed by atoms with Gasteiger partial charge < -0.3 is 14.6 Å². The Morgan fingerprint density at radius 3 is 2.05 bits per heavy atom. The quantitative estimate of drug-likeness (QED) is 0.605. The van der Waals surface area contributed by atoms with Crippen LogP contribution in [0.3, 0.4) is 0 Å². The van der Waals surface area contributed by atoms with Crippen molar-refractivity contribution >= 4 is 11.9 Å². The van der Waals surface area contributed by atoms with Crippen LogP contribution in [0.4, 0.5) is 0 Å². The van der Waals surface area contributed by atoms with Gasteiger partial charge in [0.2, 0.25) is 0 Å². The number of carbonyl (C=O) groups excluding carboxylic acids is 2. The van der Waals surface area contributed by atoms with Gasteiger partial charge in [-0.25, -0.2) is 0 Å². The van der Waals surface area contributed by atoms with E-state index in [0.717, 1.165) is 5.56 Å². The smallest absolute Gasteiger partial charge is 0.319 e. The molecule has 2 aromatic rings. The molecule has 0 N–H and O–H groups in total. The van der Waals surface area contributed by atoms with Gasteiger partial charge in [0, 0.05) is 0 Å². The molecular formula is C16H13O4-. The topological polar surface area (TPSA) is 66.4 Å². The Hall–Kier alpha value is -2.62. The van der Waals surface area contributed by atoms with E-state index < -0.39 is 17.9 Å². The Bertz CT molecular complexity index is 578. The van der Waals surface area contributed by atoms with Crippen LogP contribution in [0.1, 0.15) is 17.0 Å². The fourth-order valence-corrected chi connectivity index (χ4v) is 1.83. The second-order valence-corrected chi connectivity index (χ2v) is 4.26. The molecule has 20 heavy (non-hydrogen) atoms. The summed E-state index contributed by atoms with van der Waals surface area (Å²) in [4.78, 5) is 23.1. The molecule has 0 aliphatic carbocycles. The minimum atomic E-state index is -1.46. The first-order valence-electron chi connectivity index (χ1n) is 6.15. The van der Waals surface area contributed by atoms with Gasteiger partial charge in [-0.2, -0.15) is 0 Å². The van der Waals surface area contributed by atoms with Crippen molar-refractivity contribution in [2.45, 2.75) is 12.5 Å². The van der Waals surface area contributed by atoms with E-state index in [1.807, 2.05) is 18.2 Å². The average Bonchev–Trinajstić information content (AvgIpc) is 2.47. The highest BCUT2D eigenvalue weighted by atomic mass is 16.5. The predicted octanol–water partition coefficient (Wildman–Crippen LogP) is 1.26. The minimum absolute atomic E-state index is 0.0380. The molecule has 0 aromatic heterocycles. The van der Waals surface area contributed by atoms with Crippen LogP contribution >= 0.6 is 0 Å². The predicted molar refractivity (Wildman–Crippen MR) is 70.4 cm³/mol. The van der Waals surface area contributed by atoms with Crippen LogP contribution in [0.5, 0.6) is 0 Å².